The molecule has 2 aromatic rings. The fourth-order valence-electron chi connectivity index (χ4n) is 2.99. The van der Waals surface area contributed by atoms with Crippen LogP contribution in [0.5, 0.6) is 5.75 Å². The van der Waals surface area contributed by atoms with E-state index in [4.69, 9.17) is 14.6 Å². The molecule has 0 radical (unpaired) electrons. The summed E-state index contributed by atoms with van der Waals surface area (Å²) in [6.45, 7) is 0.534. The van der Waals surface area contributed by atoms with E-state index in [0.717, 1.165) is 12.0 Å². The quantitative estimate of drug-likeness (QED) is 0.365. The SMILES string of the molecule is CCc1ccc2[nH]c(CO)c(OC(=O)C3OC(O)(CO)C(O)C3O)c2c1. The van der Waals surface area contributed by atoms with Crippen LogP contribution in [0, 0.1) is 0 Å². The Kier molecular flexibility index (Phi) is 5.02. The van der Waals surface area contributed by atoms with Crippen LogP contribution in [0.4, 0.5) is 0 Å². The second kappa shape index (κ2) is 6.95. The molecule has 0 bridgehead atoms. The number of rotatable bonds is 5. The highest BCUT2D eigenvalue weighted by Gasteiger charge is 2.56. The molecule has 2 heterocycles. The summed E-state index contributed by atoms with van der Waals surface area (Å²) >= 11 is 0. The fraction of sp³-hybridized carbons (Fsp3) is 0.471. The number of nitrogens with one attached hydrogen (secondary N) is 1. The molecular formula is C17H21NO8. The third kappa shape index (κ3) is 2.98. The molecule has 26 heavy (non-hydrogen) atoms. The van der Waals surface area contributed by atoms with Crippen LogP contribution in [0.25, 0.3) is 10.9 Å². The van der Waals surface area contributed by atoms with Crippen LogP contribution in [0.3, 0.4) is 0 Å². The molecule has 0 amide bonds. The van der Waals surface area contributed by atoms with Crippen molar-refractivity contribution in [2.45, 2.75) is 44.1 Å². The summed E-state index contributed by atoms with van der Waals surface area (Å²) < 4.78 is 10.2. The predicted molar refractivity (Wildman–Crippen MR) is 88.2 cm³/mol. The summed E-state index contributed by atoms with van der Waals surface area (Å²) in [5.74, 6) is -3.45. The Bertz CT molecular complexity index is 818. The van der Waals surface area contributed by atoms with Gasteiger partial charge in [-0.05, 0) is 24.1 Å². The minimum Gasteiger partial charge on any atom is -0.422 e. The van der Waals surface area contributed by atoms with E-state index in [1.807, 2.05) is 13.0 Å². The monoisotopic (exact) mass is 367 g/mol. The van der Waals surface area contributed by atoms with E-state index in [-0.39, 0.29) is 11.4 Å². The number of aliphatic hydroxyl groups excluding tert-OH is 4. The van der Waals surface area contributed by atoms with Gasteiger partial charge in [-0.25, -0.2) is 4.79 Å². The van der Waals surface area contributed by atoms with Gasteiger partial charge < -0.3 is 40.0 Å². The van der Waals surface area contributed by atoms with Gasteiger partial charge in [-0.3, -0.25) is 0 Å². The standard InChI is InChI=1S/C17H21NO8/c1-2-8-3-4-10-9(5-8)13(11(6-19)18-10)25-16(23)14-12(21)15(22)17(24,7-20)26-14/h3-5,12,14-15,18-22,24H,2,6-7H2,1H3. The van der Waals surface area contributed by atoms with E-state index in [1.54, 1.807) is 12.1 Å². The van der Waals surface area contributed by atoms with Gasteiger partial charge in [-0.2, -0.15) is 0 Å². The first kappa shape index (κ1) is 18.8. The molecular weight excluding hydrogens is 346 g/mol. The number of hydrogen-bond acceptors (Lipinski definition) is 8. The first-order chi connectivity index (χ1) is 12.3. The average molecular weight is 367 g/mol. The second-order valence-corrected chi connectivity index (χ2v) is 6.22. The average Bonchev–Trinajstić information content (AvgIpc) is 3.11. The summed E-state index contributed by atoms with van der Waals surface area (Å²) in [5, 5.41) is 48.8. The van der Waals surface area contributed by atoms with Crippen LogP contribution < -0.4 is 4.74 Å². The van der Waals surface area contributed by atoms with Crippen molar-refractivity contribution >= 4 is 16.9 Å². The Morgan fingerprint density at radius 2 is 2.08 bits per heavy atom. The maximum Gasteiger partial charge on any atom is 0.343 e. The number of carbonyl (C=O) groups is 1. The molecule has 0 saturated carbocycles. The largest absolute Gasteiger partial charge is 0.422 e. The summed E-state index contributed by atoms with van der Waals surface area (Å²) in [6.07, 6.45) is -4.61. The summed E-state index contributed by atoms with van der Waals surface area (Å²) in [4.78, 5) is 15.4. The lowest BCUT2D eigenvalue weighted by Crippen LogP contribution is -2.46. The topological polar surface area (TPSA) is 152 Å². The summed E-state index contributed by atoms with van der Waals surface area (Å²) in [6, 6.07) is 5.49. The van der Waals surface area contributed by atoms with Crippen molar-refractivity contribution in [1.29, 1.82) is 0 Å². The first-order valence-electron chi connectivity index (χ1n) is 8.17. The van der Waals surface area contributed by atoms with Gasteiger partial charge in [-0.15, -0.1) is 0 Å². The molecule has 9 heteroatoms. The zero-order valence-corrected chi connectivity index (χ0v) is 14.0. The molecule has 1 aliphatic heterocycles. The molecule has 1 aliphatic rings. The van der Waals surface area contributed by atoms with Crippen molar-refractivity contribution in [3.8, 4) is 5.75 Å². The van der Waals surface area contributed by atoms with Gasteiger partial charge >= 0.3 is 5.97 Å². The van der Waals surface area contributed by atoms with E-state index in [1.165, 1.54) is 0 Å². The molecule has 4 atom stereocenters. The third-order valence-electron chi connectivity index (χ3n) is 4.54. The molecule has 3 rings (SSSR count). The van der Waals surface area contributed by atoms with Gasteiger partial charge in [0.2, 0.25) is 5.79 Å². The van der Waals surface area contributed by atoms with Crippen LogP contribution in [0.2, 0.25) is 0 Å². The van der Waals surface area contributed by atoms with E-state index >= 15 is 0 Å². The minimum absolute atomic E-state index is 0.0764. The van der Waals surface area contributed by atoms with Gasteiger partial charge in [0.25, 0.3) is 0 Å². The zero-order valence-electron chi connectivity index (χ0n) is 14.0. The normalized spacial score (nSPS) is 28.6. The number of carbonyl (C=O) groups excluding carboxylic acids is 1. The molecule has 6 N–H and O–H groups in total. The van der Waals surface area contributed by atoms with Gasteiger partial charge in [0, 0.05) is 10.9 Å². The van der Waals surface area contributed by atoms with Crippen LogP contribution >= 0.6 is 0 Å². The van der Waals surface area contributed by atoms with Crippen molar-refractivity contribution in [3.63, 3.8) is 0 Å². The smallest absolute Gasteiger partial charge is 0.343 e. The number of aliphatic hydroxyl groups is 5. The lowest BCUT2D eigenvalue weighted by molar-refractivity contribution is -0.246. The number of aromatic amines is 1. The number of aryl methyl sites for hydroxylation is 1. The van der Waals surface area contributed by atoms with Gasteiger partial charge in [0.1, 0.15) is 12.2 Å². The Morgan fingerprint density at radius 1 is 1.35 bits per heavy atom. The third-order valence-corrected chi connectivity index (χ3v) is 4.54. The van der Waals surface area contributed by atoms with Gasteiger partial charge in [-0.1, -0.05) is 13.0 Å². The molecule has 0 spiro atoms. The van der Waals surface area contributed by atoms with Gasteiger partial charge in [0.05, 0.1) is 18.9 Å². The Balaban J connectivity index is 1.92. The van der Waals surface area contributed by atoms with Crippen LogP contribution in [-0.2, 0) is 22.6 Å². The van der Waals surface area contributed by atoms with Crippen LogP contribution in [0.15, 0.2) is 18.2 Å². The molecule has 4 unspecified atom stereocenters. The molecule has 1 aromatic heterocycles. The van der Waals surface area contributed by atoms with Crippen LogP contribution in [0.1, 0.15) is 18.2 Å². The van der Waals surface area contributed by atoms with Crippen molar-refractivity contribution in [2.75, 3.05) is 6.61 Å². The van der Waals surface area contributed by atoms with E-state index in [2.05, 4.69) is 4.98 Å². The van der Waals surface area contributed by atoms with Crippen molar-refractivity contribution < 1.29 is 39.8 Å². The molecule has 9 nitrogen and oxygen atoms in total. The highest BCUT2D eigenvalue weighted by Crippen LogP contribution is 2.34. The van der Waals surface area contributed by atoms with E-state index in [9.17, 15) is 25.2 Å². The maximum atomic E-state index is 12.4. The summed E-state index contributed by atoms with van der Waals surface area (Å²) in [7, 11) is 0. The van der Waals surface area contributed by atoms with Crippen LogP contribution in [-0.4, -0.2) is 67.2 Å². The number of fused-ring (bicyclic) bond motifs is 1. The van der Waals surface area contributed by atoms with Crippen molar-refractivity contribution in [3.05, 3.63) is 29.5 Å². The minimum atomic E-state index is -2.46. The number of benzene rings is 1. The Morgan fingerprint density at radius 3 is 2.65 bits per heavy atom. The molecule has 0 aliphatic carbocycles. The van der Waals surface area contributed by atoms with E-state index in [0.29, 0.717) is 10.9 Å². The highest BCUT2D eigenvalue weighted by molar-refractivity contribution is 5.91. The molecule has 1 aromatic carbocycles. The number of hydrogen-bond donors (Lipinski definition) is 6. The molecule has 142 valence electrons. The zero-order chi connectivity index (χ0) is 19.1. The van der Waals surface area contributed by atoms with E-state index < -0.39 is 43.3 Å². The van der Waals surface area contributed by atoms with Crippen molar-refractivity contribution in [1.82, 2.24) is 4.98 Å². The summed E-state index contributed by atoms with van der Waals surface area (Å²) in [5.41, 5.74) is 1.89. The van der Waals surface area contributed by atoms with Crippen molar-refractivity contribution in [2.24, 2.45) is 0 Å². The number of aromatic nitrogens is 1. The Labute approximate surface area is 148 Å². The molecule has 1 fully saturated rings. The molecule has 1 saturated heterocycles. The predicted octanol–water partition coefficient (Wildman–Crippen LogP) is -1.07. The highest BCUT2D eigenvalue weighted by atomic mass is 16.7. The first-order valence-corrected chi connectivity index (χ1v) is 8.17. The Hall–Kier alpha value is -2.01. The number of esters is 1. The lowest BCUT2D eigenvalue weighted by atomic mass is 10.1. The fourth-order valence-corrected chi connectivity index (χ4v) is 2.99. The second-order valence-electron chi connectivity index (χ2n) is 6.22. The maximum absolute atomic E-state index is 12.4. The number of ether oxygens (including phenoxy) is 2. The lowest BCUT2D eigenvalue weighted by Gasteiger charge is -2.22. The van der Waals surface area contributed by atoms with Gasteiger partial charge in [0.15, 0.2) is 11.9 Å². The number of H-pyrrole nitrogens is 1.